The van der Waals surface area contributed by atoms with E-state index in [4.69, 9.17) is 19.9 Å². The van der Waals surface area contributed by atoms with E-state index in [-0.39, 0.29) is 12.3 Å². The summed E-state index contributed by atoms with van der Waals surface area (Å²) in [5.41, 5.74) is 8.36. The van der Waals surface area contributed by atoms with Gasteiger partial charge in [-0.2, -0.15) is 0 Å². The third kappa shape index (κ3) is 2.97. The number of benzene rings is 1. The fourth-order valence-corrected chi connectivity index (χ4v) is 2.02. The lowest BCUT2D eigenvalue weighted by Gasteiger charge is -2.19. The van der Waals surface area contributed by atoms with Gasteiger partial charge in [0, 0.05) is 18.0 Å². The fraction of sp³-hybridized carbons (Fsp3) is 0.538. The molecule has 2 N–H and O–H groups in total. The lowest BCUT2D eigenvalue weighted by atomic mass is 10.0. The molecule has 1 aliphatic rings. The Morgan fingerprint density at radius 1 is 1.41 bits per heavy atom. The Bertz CT molecular complexity index is 375. The molecule has 17 heavy (non-hydrogen) atoms. The van der Waals surface area contributed by atoms with Crippen LogP contribution >= 0.6 is 0 Å². The Morgan fingerprint density at radius 2 is 2.12 bits per heavy atom. The van der Waals surface area contributed by atoms with Gasteiger partial charge in [-0.05, 0) is 13.0 Å². The summed E-state index contributed by atoms with van der Waals surface area (Å²) >= 11 is 0. The highest BCUT2D eigenvalue weighted by molar-refractivity contribution is 5.39. The lowest BCUT2D eigenvalue weighted by molar-refractivity contribution is -0.0508. The number of methoxy groups -OCH3 is 1. The van der Waals surface area contributed by atoms with Crippen LogP contribution in [0.1, 0.15) is 23.6 Å². The lowest BCUT2D eigenvalue weighted by Crippen LogP contribution is -2.20. The monoisotopic (exact) mass is 237 g/mol. The van der Waals surface area contributed by atoms with Crippen LogP contribution < -0.4 is 10.5 Å². The Balaban J connectivity index is 2.11. The maximum Gasteiger partial charge on any atom is 0.159 e. The summed E-state index contributed by atoms with van der Waals surface area (Å²) in [6.07, 6.45) is 0.468. The van der Waals surface area contributed by atoms with E-state index in [0.717, 1.165) is 11.3 Å². The van der Waals surface area contributed by atoms with Crippen LogP contribution in [0.15, 0.2) is 18.2 Å². The van der Waals surface area contributed by atoms with E-state index in [2.05, 4.69) is 6.07 Å². The van der Waals surface area contributed by atoms with Crippen molar-refractivity contribution in [3.8, 4) is 5.75 Å². The van der Waals surface area contributed by atoms with Crippen LogP contribution in [0, 0.1) is 6.92 Å². The molecular formula is C13H19NO3. The Morgan fingerprint density at radius 3 is 2.76 bits per heavy atom. The quantitative estimate of drug-likeness (QED) is 0.867. The summed E-state index contributed by atoms with van der Waals surface area (Å²) < 4.78 is 16.1. The summed E-state index contributed by atoms with van der Waals surface area (Å²) in [5.74, 6) is 0.820. The van der Waals surface area contributed by atoms with Gasteiger partial charge in [0.25, 0.3) is 0 Å². The highest BCUT2D eigenvalue weighted by atomic mass is 16.7. The number of hydrogen-bond donors (Lipinski definition) is 1. The first-order chi connectivity index (χ1) is 8.20. The fourth-order valence-electron chi connectivity index (χ4n) is 2.02. The van der Waals surface area contributed by atoms with E-state index in [1.54, 1.807) is 7.11 Å². The Labute approximate surface area is 102 Å². The molecule has 1 heterocycles. The molecule has 1 aromatic carbocycles. The summed E-state index contributed by atoms with van der Waals surface area (Å²) in [7, 11) is 1.66. The molecule has 1 saturated heterocycles. The molecule has 1 aromatic rings. The maximum absolute atomic E-state index is 6.18. The third-order valence-electron chi connectivity index (χ3n) is 2.92. The zero-order valence-corrected chi connectivity index (χ0v) is 10.3. The highest BCUT2D eigenvalue weighted by Crippen LogP contribution is 2.28. The Hall–Kier alpha value is -1.10. The second-order valence-corrected chi connectivity index (χ2v) is 4.26. The standard InChI is InChI=1S/C13H19NO3/c1-9-3-4-12(15-2)10(7-9)11(14)8-13-16-5-6-17-13/h3-4,7,11,13H,5-6,8,14H2,1-2H3. The van der Waals surface area contributed by atoms with Crippen molar-refractivity contribution in [1.82, 2.24) is 0 Å². The van der Waals surface area contributed by atoms with Crippen LogP contribution in [0.2, 0.25) is 0 Å². The van der Waals surface area contributed by atoms with Gasteiger partial charge < -0.3 is 19.9 Å². The van der Waals surface area contributed by atoms with Crippen molar-refractivity contribution in [1.29, 1.82) is 0 Å². The number of hydrogen-bond acceptors (Lipinski definition) is 4. The molecule has 0 radical (unpaired) electrons. The molecule has 4 nitrogen and oxygen atoms in total. The van der Waals surface area contributed by atoms with Gasteiger partial charge in [0.05, 0.1) is 20.3 Å². The predicted molar refractivity (Wildman–Crippen MR) is 65.0 cm³/mol. The van der Waals surface area contributed by atoms with E-state index in [0.29, 0.717) is 19.6 Å². The smallest absolute Gasteiger partial charge is 0.159 e. The molecular weight excluding hydrogens is 218 g/mol. The van der Waals surface area contributed by atoms with Crippen molar-refractivity contribution in [3.05, 3.63) is 29.3 Å². The second-order valence-electron chi connectivity index (χ2n) is 4.26. The zero-order chi connectivity index (χ0) is 12.3. The van der Waals surface area contributed by atoms with Crippen molar-refractivity contribution >= 4 is 0 Å². The first kappa shape index (κ1) is 12.4. The van der Waals surface area contributed by atoms with Crippen LogP contribution in [0.4, 0.5) is 0 Å². The number of nitrogens with two attached hydrogens (primary N) is 1. The third-order valence-corrected chi connectivity index (χ3v) is 2.92. The van der Waals surface area contributed by atoms with Gasteiger partial charge in [-0.3, -0.25) is 0 Å². The molecule has 1 fully saturated rings. The molecule has 0 amide bonds. The summed E-state index contributed by atoms with van der Waals surface area (Å²) in [4.78, 5) is 0. The predicted octanol–water partition coefficient (Wildman–Crippen LogP) is 1.77. The van der Waals surface area contributed by atoms with Gasteiger partial charge in [0.15, 0.2) is 6.29 Å². The molecule has 2 rings (SSSR count). The molecule has 1 atom stereocenters. The van der Waals surface area contributed by atoms with Crippen LogP contribution in [0.3, 0.4) is 0 Å². The van der Waals surface area contributed by atoms with Gasteiger partial charge >= 0.3 is 0 Å². The first-order valence-corrected chi connectivity index (χ1v) is 5.84. The minimum absolute atomic E-state index is 0.132. The number of rotatable bonds is 4. The maximum atomic E-state index is 6.18. The molecule has 94 valence electrons. The van der Waals surface area contributed by atoms with Crippen LogP contribution in [0.5, 0.6) is 5.75 Å². The van der Waals surface area contributed by atoms with Crippen molar-refractivity contribution in [2.75, 3.05) is 20.3 Å². The number of aryl methyl sites for hydroxylation is 1. The largest absolute Gasteiger partial charge is 0.496 e. The molecule has 0 aliphatic carbocycles. The van der Waals surface area contributed by atoms with Gasteiger partial charge in [-0.1, -0.05) is 17.7 Å². The zero-order valence-electron chi connectivity index (χ0n) is 10.3. The molecule has 0 bridgehead atoms. The van der Waals surface area contributed by atoms with Crippen molar-refractivity contribution in [3.63, 3.8) is 0 Å². The van der Waals surface area contributed by atoms with Gasteiger partial charge in [-0.25, -0.2) is 0 Å². The normalized spacial score (nSPS) is 18.3. The van der Waals surface area contributed by atoms with Crippen molar-refractivity contribution in [2.24, 2.45) is 5.73 Å². The Kier molecular flexibility index (Phi) is 3.99. The van der Waals surface area contributed by atoms with Crippen molar-refractivity contribution in [2.45, 2.75) is 25.7 Å². The van der Waals surface area contributed by atoms with Gasteiger partial charge in [0.2, 0.25) is 0 Å². The summed E-state index contributed by atoms with van der Waals surface area (Å²) in [6, 6.07) is 5.88. The van der Waals surface area contributed by atoms with Gasteiger partial charge in [-0.15, -0.1) is 0 Å². The minimum atomic E-state index is -0.185. The molecule has 4 heteroatoms. The van der Waals surface area contributed by atoms with E-state index >= 15 is 0 Å². The second kappa shape index (κ2) is 5.49. The average molecular weight is 237 g/mol. The van der Waals surface area contributed by atoms with E-state index < -0.39 is 0 Å². The van der Waals surface area contributed by atoms with E-state index in [1.807, 2.05) is 19.1 Å². The van der Waals surface area contributed by atoms with E-state index in [1.165, 1.54) is 5.56 Å². The topological polar surface area (TPSA) is 53.7 Å². The average Bonchev–Trinajstić information content (AvgIpc) is 2.81. The van der Waals surface area contributed by atoms with Gasteiger partial charge in [0.1, 0.15) is 5.75 Å². The van der Waals surface area contributed by atoms with Crippen LogP contribution in [-0.4, -0.2) is 26.6 Å². The molecule has 1 unspecified atom stereocenters. The minimum Gasteiger partial charge on any atom is -0.496 e. The summed E-state index contributed by atoms with van der Waals surface area (Å²) in [6.45, 7) is 3.35. The molecule has 0 saturated carbocycles. The van der Waals surface area contributed by atoms with Crippen molar-refractivity contribution < 1.29 is 14.2 Å². The first-order valence-electron chi connectivity index (χ1n) is 5.84. The van der Waals surface area contributed by atoms with Crippen LogP contribution in [0.25, 0.3) is 0 Å². The van der Waals surface area contributed by atoms with Crippen LogP contribution in [-0.2, 0) is 9.47 Å². The molecule has 0 spiro atoms. The SMILES string of the molecule is COc1ccc(C)cc1C(N)CC1OCCO1. The summed E-state index contributed by atoms with van der Waals surface area (Å²) in [5, 5.41) is 0. The van der Waals surface area contributed by atoms with E-state index in [9.17, 15) is 0 Å². The number of ether oxygens (including phenoxy) is 3. The molecule has 1 aliphatic heterocycles. The highest BCUT2D eigenvalue weighted by Gasteiger charge is 2.22. The molecule has 0 aromatic heterocycles.